The molecule has 0 saturated heterocycles. The topological polar surface area (TPSA) is 72.6 Å². The van der Waals surface area contributed by atoms with E-state index in [1.165, 1.54) is 16.4 Å². The van der Waals surface area contributed by atoms with Gasteiger partial charge in [-0.15, -0.1) is 0 Å². The van der Waals surface area contributed by atoms with Crippen LogP contribution in [0.1, 0.15) is 30.9 Å². The molecule has 166 valence electrons. The van der Waals surface area contributed by atoms with Crippen LogP contribution in [0, 0.1) is 19.8 Å². The van der Waals surface area contributed by atoms with Crippen molar-refractivity contribution >= 4 is 38.9 Å². The van der Waals surface area contributed by atoms with Gasteiger partial charge in [0.2, 0.25) is 0 Å². The minimum atomic E-state index is -3.87. The molecule has 1 aromatic heterocycles. The van der Waals surface area contributed by atoms with Crippen LogP contribution < -0.4 is 9.04 Å². The predicted molar refractivity (Wildman–Crippen MR) is 123 cm³/mol. The molecule has 0 aliphatic rings. The summed E-state index contributed by atoms with van der Waals surface area (Å²) in [6.07, 6.45) is 0. The monoisotopic (exact) mass is 482 g/mol. The summed E-state index contributed by atoms with van der Waals surface area (Å²) in [6, 6.07) is 11.1. The van der Waals surface area contributed by atoms with Crippen LogP contribution >= 0.6 is 23.2 Å². The maximum absolute atomic E-state index is 13.4. The Balaban J connectivity index is 1.87. The molecule has 9 heteroatoms. The van der Waals surface area contributed by atoms with Crippen molar-refractivity contribution in [2.75, 3.05) is 10.8 Å². The van der Waals surface area contributed by atoms with Gasteiger partial charge in [0.25, 0.3) is 10.0 Å². The summed E-state index contributed by atoms with van der Waals surface area (Å²) in [4.78, 5) is 0.133. The molecule has 6 nitrogen and oxygen atoms in total. The lowest BCUT2D eigenvalue weighted by Gasteiger charge is -2.27. The zero-order valence-electron chi connectivity index (χ0n) is 17.7. The number of hydrogen-bond acceptors (Lipinski definition) is 5. The zero-order valence-corrected chi connectivity index (χ0v) is 20.1. The number of hydrogen-bond donors (Lipinski definition) is 0. The van der Waals surface area contributed by atoms with Crippen molar-refractivity contribution in [3.63, 3.8) is 0 Å². The molecule has 1 heterocycles. The fourth-order valence-corrected chi connectivity index (χ4v) is 5.11. The summed E-state index contributed by atoms with van der Waals surface area (Å²) in [6.45, 7) is 8.07. The first-order valence-electron chi connectivity index (χ1n) is 9.72. The SMILES string of the molecule is Cc1noc(C)c1COc1ccc(S(=O)(=O)N(CC(C)C)c2cc(Cl)ccc2Cl)cc1. The van der Waals surface area contributed by atoms with Crippen LogP contribution in [0.5, 0.6) is 5.75 Å². The lowest BCUT2D eigenvalue weighted by atomic mass is 10.2. The number of rotatable bonds is 8. The summed E-state index contributed by atoms with van der Waals surface area (Å²) < 4.78 is 39.1. The van der Waals surface area contributed by atoms with Crippen molar-refractivity contribution in [2.24, 2.45) is 5.92 Å². The standard InChI is InChI=1S/C22H24Cl2N2O4S/c1-14(2)12-26(22-11-17(23)5-10-21(22)24)31(27,28)19-8-6-18(7-9-19)29-13-20-15(3)25-30-16(20)4/h5-11,14H,12-13H2,1-4H3. The van der Waals surface area contributed by atoms with Gasteiger partial charge in [0.1, 0.15) is 18.1 Å². The molecular formula is C22H24Cl2N2O4S. The van der Waals surface area contributed by atoms with Crippen molar-refractivity contribution in [1.82, 2.24) is 5.16 Å². The van der Waals surface area contributed by atoms with Crippen LogP contribution in [-0.4, -0.2) is 20.1 Å². The van der Waals surface area contributed by atoms with E-state index in [0.29, 0.717) is 27.2 Å². The molecule has 2 aromatic carbocycles. The van der Waals surface area contributed by atoms with E-state index in [9.17, 15) is 8.42 Å². The number of sulfonamides is 1. The molecular weight excluding hydrogens is 459 g/mol. The quantitative estimate of drug-likeness (QED) is 0.391. The Morgan fingerprint density at radius 3 is 2.35 bits per heavy atom. The summed E-state index contributed by atoms with van der Waals surface area (Å²) in [5.74, 6) is 1.30. The van der Waals surface area contributed by atoms with Gasteiger partial charge in [0.15, 0.2) is 0 Å². The van der Waals surface area contributed by atoms with Crippen LogP contribution in [0.4, 0.5) is 5.69 Å². The highest BCUT2D eigenvalue weighted by atomic mass is 35.5. The molecule has 0 fully saturated rings. The van der Waals surface area contributed by atoms with Gasteiger partial charge in [-0.3, -0.25) is 4.31 Å². The number of benzene rings is 2. The van der Waals surface area contributed by atoms with E-state index in [0.717, 1.165) is 11.3 Å². The highest BCUT2D eigenvalue weighted by molar-refractivity contribution is 7.92. The van der Waals surface area contributed by atoms with Crippen molar-refractivity contribution in [1.29, 1.82) is 0 Å². The van der Waals surface area contributed by atoms with Gasteiger partial charge >= 0.3 is 0 Å². The van der Waals surface area contributed by atoms with E-state index in [1.54, 1.807) is 30.3 Å². The Hall–Kier alpha value is -2.22. The third kappa shape index (κ3) is 5.34. The molecule has 0 saturated carbocycles. The Morgan fingerprint density at radius 1 is 1.10 bits per heavy atom. The molecule has 0 spiro atoms. The maximum Gasteiger partial charge on any atom is 0.264 e. The van der Waals surface area contributed by atoms with Crippen molar-refractivity contribution in [3.8, 4) is 5.75 Å². The summed E-state index contributed by atoms with van der Waals surface area (Å²) in [5.41, 5.74) is 1.98. The second-order valence-corrected chi connectivity index (χ2v) is 10.3. The van der Waals surface area contributed by atoms with Crippen LogP contribution in [0.15, 0.2) is 51.9 Å². The first-order chi connectivity index (χ1) is 14.6. The van der Waals surface area contributed by atoms with Gasteiger partial charge in [0.05, 0.1) is 26.9 Å². The Labute approximate surface area is 192 Å². The molecule has 0 unspecified atom stereocenters. The number of halogens is 2. The summed E-state index contributed by atoms with van der Waals surface area (Å²) >= 11 is 12.4. The molecule has 0 radical (unpaired) electrons. The van der Waals surface area contributed by atoms with E-state index in [4.69, 9.17) is 32.5 Å². The predicted octanol–water partition coefficient (Wildman–Crippen LogP) is 6.03. The third-order valence-corrected chi connectivity index (χ3v) is 7.03. The average molecular weight is 483 g/mol. The summed E-state index contributed by atoms with van der Waals surface area (Å²) in [5, 5.41) is 4.62. The smallest absolute Gasteiger partial charge is 0.264 e. The molecule has 0 bridgehead atoms. The number of aryl methyl sites for hydroxylation is 2. The third-order valence-electron chi connectivity index (χ3n) is 4.68. The normalized spacial score (nSPS) is 11.7. The Kier molecular flexibility index (Phi) is 7.19. The fraction of sp³-hybridized carbons (Fsp3) is 0.318. The van der Waals surface area contributed by atoms with E-state index < -0.39 is 10.0 Å². The molecule has 3 rings (SSSR count). The van der Waals surface area contributed by atoms with Crippen LogP contribution in [0.3, 0.4) is 0 Å². The first kappa shape index (κ1) is 23.4. The van der Waals surface area contributed by atoms with Gasteiger partial charge in [-0.05, 0) is 62.2 Å². The molecule has 0 aliphatic heterocycles. The minimum absolute atomic E-state index is 0.0717. The van der Waals surface area contributed by atoms with Gasteiger partial charge < -0.3 is 9.26 Å². The van der Waals surface area contributed by atoms with E-state index in [-0.39, 0.29) is 24.0 Å². The Morgan fingerprint density at radius 2 is 1.77 bits per heavy atom. The van der Waals surface area contributed by atoms with Gasteiger partial charge in [0, 0.05) is 11.6 Å². The van der Waals surface area contributed by atoms with E-state index in [1.807, 2.05) is 27.7 Å². The van der Waals surface area contributed by atoms with Gasteiger partial charge in [-0.25, -0.2) is 8.42 Å². The van der Waals surface area contributed by atoms with Crippen LogP contribution in [0.25, 0.3) is 0 Å². The molecule has 0 N–H and O–H groups in total. The first-order valence-corrected chi connectivity index (χ1v) is 11.9. The fourth-order valence-electron chi connectivity index (χ4n) is 3.03. The van der Waals surface area contributed by atoms with Crippen molar-refractivity contribution < 1.29 is 17.7 Å². The maximum atomic E-state index is 13.4. The molecule has 3 aromatic rings. The summed E-state index contributed by atoms with van der Waals surface area (Å²) in [7, 11) is -3.87. The number of nitrogens with zero attached hydrogens (tertiary/aromatic N) is 2. The Bertz CT molecular complexity index is 1140. The highest BCUT2D eigenvalue weighted by Crippen LogP contribution is 2.34. The lowest BCUT2D eigenvalue weighted by molar-refractivity contribution is 0.301. The largest absolute Gasteiger partial charge is 0.489 e. The minimum Gasteiger partial charge on any atom is -0.489 e. The molecule has 0 aliphatic carbocycles. The van der Waals surface area contributed by atoms with E-state index >= 15 is 0 Å². The van der Waals surface area contributed by atoms with Gasteiger partial charge in [-0.2, -0.15) is 0 Å². The highest BCUT2D eigenvalue weighted by Gasteiger charge is 2.27. The zero-order chi connectivity index (χ0) is 22.8. The second-order valence-electron chi connectivity index (χ2n) is 7.59. The molecule has 31 heavy (non-hydrogen) atoms. The number of aromatic nitrogens is 1. The van der Waals surface area contributed by atoms with Crippen molar-refractivity contribution in [2.45, 2.75) is 39.2 Å². The van der Waals surface area contributed by atoms with Crippen LogP contribution in [-0.2, 0) is 16.6 Å². The molecule has 0 amide bonds. The van der Waals surface area contributed by atoms with Crippen molar-refractivity contribution in [3.05, 3.63) is 69.5 Å². The van der Waals surface area contributed by atoms with Gasteiger partial charge in [-0.1, -0.05) is 42.2 Å². The number of ether oxygens (including phenoxy) is 1. The van der Waals surface area contributed by atoms with E-state index in [2.05, 4.69) is 5.16 Å². The molecule has 0 atom stereocenters. The van der Waals surface area contributed by atoms with Crippen LogP contribution in [0.2, 0.25) is 10.0 Å². The lowest BCUT2D eigenvalue weighted by Crippen LogP contribution is -2.34. The average Bonchev–Trinajstić information content (AvgIpc) is 3.04. The number of anilines is 1. The second kappa shape index (κ2) is 9.51.